The molecule has 1 aromatic carbocycles. The van der Waals surface area contributed by atoms with Gasteiger partial charge in [-0.15, -0.1) is 0 Å². The number of hydrogen-bond acceptors (Lipinski definition) is 3. The molecule has 1 heterocycles. The van der Waals surface area contributed by atoms with Gasteiger partial charge in [-0.25, -0.2) is 0 Å². The third kappa shape index (κ3) is 1.25. The molecule has 0 saturated carbocycles. The van der Waals surface area contributed by atoms with Crippen molar-refractivity contribution in [2.24, 2.45) is 5.73 Å². The zero-order chi connectivity index (χ0) is 9.26. The van der Waals surface area contributed by atoms with Crippen LogP contribution >= 0.6 is 0 Å². The van der Waals surface area contributed by atoms with Crippen LogP contribution in [0.3, 0.4) is 0 Å². The highest BCUT2D eigenvalue weighted by Gasteiger charge is 2.05. The summed E-state index contributed by atoms with van der Waals surface area (Å²) in [6, 6.07) is 5.36. The minimum Gasteiger partial charge on any atom is -0.506 e. The maximum atomic E-state index is 9.57. The number of rotatable bonds is 2. The van der Waals surface area contributed by atoms with E-state index in [1.165, 1.54) is 0 Å². The van der Waals surface area contributed by atoms with Gasteiger partial charge in [0.1, 0.15) is 11.3 Å². The van der Waals surface area contributed by atoms with E-state index in [9.17, 15) is 5.11 Å². The fraction of sp³-hybridized carbons (Fsp3) is 0.222. The molecule has 0 spiro atoms. The van der Waals surface area contributed by atoms with E-state index in [1.807, 2.05) is 6.07 Å². The number of aromatic hydroxyl groups is 1. The summed E-state index contributed by atoms with van der Waals surface area (Å²) in [5, 5.41) is 14.6. The largest absolute Gasteiger partial charge is 0.506 e. The van der Waals surface area contributed by atoms with Gasteiger partial charge < -0.3 is 10.8 Å². The second-order valence-corrected chi connectivity index (χ2v) is 2.87. The van der Waals surface area contributed by atoms with Crippen LogP contribution in [0.1, 0.15) is 0 Å². The van der Waals surface area contributed by atoms with Crippen LogP contribution in [0.2, 0.25) is 0 Å². The lowest BCUT2D eigenvalue weighted by atomic mass is 10.2. The van der Waals surface area contributed by atoms with Crippen LogP contribution < -0.4 is 5.73 Å². The topological polar surface area (TPSA) is 64.1 Å². The van der Waals surface area contributed by atoms with E-state index < -0.39 is 0 Å². The lowest BCUT2D eigenvalue weighted by Crippen LogP contribution is -2.10. The number of nitrogens with two attached hydrogens (primary N) is 1. The van der Waals surface area contributed by atoms with Crippen LogP contribution in [0.4, 0.5) is 0 Å². The van der Waals surface area contributed by atoms with Gasteiger partial charge in [0.05, 0.1) is 12.7 Å². The van der Waals surface area contributed by atoms with Gasteiger partial charge in [-0.1, -0.05) is 12.1 Å². The molecule has 13 heavy (non-hydrogen) atoms. The molecule has 0 fully saturated rings. The first-order valence-electron chi connectivity index (χ1n) is 4.16. The highest BCUT2D eigenvalue weighted by atomic mass is 16.3. The summed E-state index contributed by atoms with van der Waals surface area (Å²) in [4.78, 5) is 0. The summed E-state index contributed by atoms with van der Waals surface area (Å²) >= 11 is 0. The SMILES string of the molecule is NCCn1ncc2cccc(O)c21. The molecule has 0 atom stereocenters. The highest BCUT2D eigenvalue weighted by Crippen LogP contribution is 2.23. The van der Waals surface area contributed by atoms with Crippen molar-refractivity contribution in [1.82, 2.24) is 9.78 Å². The first-order chi connectivity index (χ1) is 6.33. The molecule has 0 radical (unpaired) electrons. The van der Waals surface area contributed by atoms with Crippen LogP contribution in [0, 0.1) is 0 Å². The monoisotopic (exact) mass is 177 g/mol. The van der Waals surface area contributed by atoms with Crippen molar-refractivity contribution in [1.29, 1.82) is 0 Å². The van der Waals surface area contributed by atoms with E-state index in [-0.39, 0.29) is 5.75 Å². The van der Waals surface area contributed by atoms with Crippen LogP contribution in [0.25, 0.3) is 10.9 Å². The quantitative estimate of drug-likeness (QED) is 0.709. The molecular formula is C9H11N3O. The number of hydrogen-bond donors (Lipinski definition) is 2. The van der Waals surface area contributed by atoms with E-state index in [4.69, 9.17) is 5.73 Å². The third-order valence-electron chi connectivity index (χ3n) is 1.98. The number of nitrogens with zero attached hydrogens (tertiary/aromatic N) is 2. The van der Waals surface area contributed by atoms with Gasteiger partial charge in [0, 0.05) is 11.9 Å². The molecule has 2 rings (SSSR count). The molecule has 0 saturated heterocycles. The zero-order valence-electron chi connectivity index (χ0n) is 7.14. The lowest BCUT2D eigenvalue weighted by molar-refractivity contribution is 0.475. The van der Waals surface area contributed by atoms with E-state index in [2.05, 4.69) is 5.10 Å². The van der Waals surface area contributed by atoms with Gasteiger partial charge in [-0.05, 0) is 6.07 Å². The van der Waals surface area contributed by atoms with Crippen molar-refractivity contribution < 1.29 is 5.11 Å². The Labute approximate surface area is 75.6 Å². The van der Waals surface area contributed by atoms with Gasteiger partial charge in [0.15, 0.2) is 0 Å². The summed E-state index contributed by atoms with van der Waals surface area (Å²) in [5.41, 5.74) is 6.18. The second-order valence-electron chi connectivity index (χ2n) is 2.87. The van der Waals surface area contributed by atoms with Gasteiger partial charge in [-0.2, -0.15) is 5.10 Å². The number of aromatic nitrogens is 2. The Bertz CT molecular complexity index is 422. The summed E-state index contributed by atoms with van der Waals surface area (Å²) in [7, 11) is 0. The fourth-order valence-corrected chi connectivity index (χ4v) is 1.42. The van der Waals surface area contributed by atoms with E-state index in [0.29, 0.717) is 13.1 Å². The minimum atomic E-state index is 0.253. The Morgan fingerprint density at radius 1 is 1.46 bits per heavy atom. The Morgan fingerprint density at radius 3 is 3.08 bits per heavy atom. The zero-order valence-corrected chi connectivity index (χ0v) is 7.14. The van der Waals surface area contributed by atoms with Crippen molar-refractivity contribution in [2.45, 2.75) is 6.54 Å². The van der Waals surface area contributed by atoms with Gasteiger partial charge in [-0.3, -0.25) is 4.68 Å². The molecule has 3 N–H and O–H groups in total. The van der Waals surface area contributed by atoms with Crippen molar-refractivity contribution in [3.63, 3.8) is 0 Å². The molecule has 0 amide bonds. The predicted molar refractivity (Wildman–Crippen MR) is 50.5 cm³/mol. The molecular weight excluding hydrogens is 166 g/mol. The van der Waals surface area contributed by atoms with Gasteiger partial charge in [0.2, 0.25) is 0 Å². The predicted octanol–water partition coefficient (Wildman–Crippen LogP) is 0.701. The maximum Gasteiger partial charge on any atom is 0.141 e. The Balaban J connectivity index is 2.64. The van der Waals surface area contributed by atoms with Crippen molar-refractivity contribution >= 4 is 10.9 Å². The molecule has 0 unspecified atom stereocenters. The average Bonchev–Trinajstić information content (AvgIpc) is 2.51. The summed E-state index contributed by atoms with van der Waals surface area (Å²) in [6.45, 7) is 1.15. The van der Waals surface area contributed by atoms with Crippen molar-refractivity contribution in [3.05, 3.63) is 24.4 Å². The van der Waals surface area contributed by atoms with E-state index in [0.717, 1.165) is 10.9 Å². The van der Waals surface area contributed by atoms with Gasteiger partial charge >= 0.3 is 0 Å². The number of fused-ring (bicyclic) bond motifs is 1. The van der Waals surface area contributed by atoms with Crippen LogP contribution in [-0.4, -0.2) is 21.4 Å². The summed E-state index contributed by atoms with van der Waals surface area (Å²) in [6.07, 6.45) is 1.73. The number of phenolic OH excluding ortho intramolecular Hbond substituents is 1. The Kier molecular flexibility index (Phi) is 1.90. The first-order valence-corrected chi connectivity index (χ1v) is 4.16. The summed E-state index contributed by atoms with van der Waals surface area (Å²) in [5.74, 6) is 0.253. The fourth-order valence-electron chi connectivity index (χ4n) is 1.42. The van der Waals surface area contributed by atoms with Crippen molar-refractivity contribution in [3.8, 4) is 5.75 Å². The Hall–Kier alpha value is -1.55. The smallest absolute Gasteiger partial charge is 0.141 e. The number of para-hydroxylation sites is 1. The summed E-state index contributed by atoms with van der Waals surface area (Å²) < 4.78 is 1.71. The van der Waals surface area contributed by atoms with Crippen LogP contribution in [0.15, 0.2) is 24.4 Å². The Morgan fingerprint density at radius 2 is 2.31 bits per heavy atom. The molecule has 2 aromatic rings. The van der Waals surface area contributed by atoms with Crippen LogP contribution in [0.5, 0.6) is 5.75 Å². The first kappa shape index (κ1) is 8.07. The molecule has 4 heteroatoms. The minimum absolute atomic E-state index is 0.253. The molecule has 0 bridgehead atoms. The maximum absolute atomic E-state index is 9.57. The van der Waals surface area contributed by atoms with Crippen LogP contribution in [-0.2, 0) is 6.54 Å². The normalized spacial score (nSPS) is 10.8. The number of phenols is 1. The van der Waals surface area contributed by atoms with Gasteiger partial charge in [0.25, 0.3) is 0 Å². The molecule has 1 aromatic heterocycles. The van der Waals surface area contributed by atoms with Crippen molar-refractivity contribution in [2.75, 3.05) is 6.54 Å². The second kappa shape index (κ2) is 3.06. The number of benzene rings is 1. The molecule has 0 aliphatic rings. The molecule has 68 valence electrons. The average molecular weight is 177 g/mol. The third-order valence-corrected chi connectivity index (χ3v) is 1.98. The standard InChI is InChI=1S/C9H11N3O/c10-4-5-12-9-7(6-11-12)2-1-3-8(9)13/h1-3,6,13H,4-5,10H2. The van der Waals surface area contributed by atoms with E-state index >= 15 is 0 Å². The molecule has 4 nitrogen and oxygen atoms in total. The molecule has 0 aliphatic carbocycles. The molecule has 0 aliphatic heterocycles. The highest BCUT2D eigenvalue weighted by molar-refractivity contribution is 5.84. The lowest BCUT2D eigenvalue weighted by Gasteiger charge is -2.01. The van der Waals surface area contributed by atoms with E-state index in [1.54, 1.807) is 23.0 Å².